The number of aryl methyl sites for hydroxylation is 1. The maximum Gasteiger partial charge on any atom is 0.311 e. The molecular weight excluding hydrogens is 234 g/mol. The van der Waals surface area contributed by atoms with Crippen LogP contribution in [-0.2, 0) is 11.2 Å². The van der Waals surface area contributed by atoms with Crippen LogP contribution in [0.25, 0.3) is 0 Å². The lowest BCUT2D eigenvalue weighted by molar-refractivity contribution is -0.138. The van der Waals surface area contributed by atoms with Crippen molar-refractivity contribution in [2.24, 2.45) is 0 Å². The second-order valence-electron chi connectivity index (χ2n) is 3.12. The van der Waals surface area contributed by atoms with Gasteiger partial charge in [-0.2, -0.15) is 0 Å². The Balaban J connectivity index is 2.46. The van der Waals surface area contributed by atoms with Crippen LogP contribution >= 0.6 is 15.9 Å². The zero-order chi connectivity index (χ0) is 9.42. The number of fused-ring (bicyclic) bond motifs is 1. The van der Waals surface area contributed by atoms with Crippen molar-refractivity contribution < 1.29 is 9.90 Å². The summed E-state index contributed by atoms with van der Waals surface area (Å²) in [4.78, 5) is 15.0. The van der Waals surface area contributed by atoms with Gasteiger partial charge in [-0.1, -0.05) is 0 Å². The van der Waals surface area contributed by atoms with E-state index in [0.29, 0.717) is 6.42 Å². The molecule has 68 valence electrons. The van der Waals surface area contributed by atoms with Gasteiger partial charge in [-0.3, -0.25) is 9.78 Å². The Hall–Kier alpha value is -0.900. The summed E-state index contributed by atoms with van der Waals surface area (Å²) in [6, 6.07) is 1.86. The van der Waals surface area contributed by atoms with Crippen molar-refractivity contribution in [2.75, 3.05) is 0 Å². The molecule has 0 saturated carbocycles. The first-order chi connectivity index (χ1) is 6.18. The summed E-state index contributed by atoms with van der Waals surface area (Å²) in [6.07, 6.45) is 3.16. The molecule has 0 amide bonds. The molecule has 1 aromatic rings. The van der Waals surface area contributed by atoms with Gasteiger partial charge in [0.1, 0.15) is 0 Å². The minimum absolute atomic E-state index is 0.361. The highest BCUT2D eigenvalue weighted by Crippen LogP contribution is 2.33. The molecule has 4 heteroatoms. The van der Waals surface area contributed by atoms with E-state index in [1.54, 1.807) is 6.20 Å². The average molecular weight is 242 g/mol. The van der Waals surface area contributed by atoms with Crippen molar-refractivity contribution in [3.05, 3.63) is 28.0 Å². The van der Waals surface area contributed by atoms with E-state index >= 15 is 0 Å². The number of carboxylic acid groups (broad SMARTS) is 1. The molecule has 0 aliphatic heterocycles. The van der Waals surface area contributed by atoms with Gasteiger partial charge in [0.15, 0.2) is 0 Å². The van der Waals surface area contributed by atoms with Gasteiger partial charge in [0.05, 0.1) is 5.92 Å². The Morgan fingerprint density at radius 2 is 2.46 bits per heavy atom. The van der Waals surface area contributed by atoms with Crippen LogP contribution in [0.3, 0.4) is 0 Å². The van der Waals surface area contributed by atoms with Crippen molar-refractivity contribution in [3.63, 3.8) is 0 Å². The van der Waals surface area contributed by atoms with Crippen LogP contribution in [0.2, 0.25) is 0 Å². The number of carboxylic acids is 1. The summed E-state index contributed by atoms with van der Waals surface area (Å²) in [7, 11) is 0. The normalized spacial score (nSPS) is 19.9. The second kappa shape index (κ2) is 3.10. The van der Waals surface area contributed by atoms with Crippen LogP contribution in [0.5, 0.6) is 0 Å². The van der Waals surface area contributed by atoms with Gasteiger partial charge >= 0.3 is 5.97 Å². The topological polar surface area (TPSA) is 50.2 Å². The molecule has 13 heavy (non-hydrogen) atoms. The lowest BCUT2D eigenvalue weighted by Crippen LogP contribution is -2.07. The van der Waals surface area contributed by atoms with E-state index in [9.17, 15) is 4.79 Å². The van der Waals surface area contributed by atoms with E-state index in [1.165, 1.54) is 0 Å². The van der Waals surface area contributed by atoms with Crippen LogP contribution < -0.4 is 0 Å². The monoisotopic (exact) mass is 241 g/mol. The third-order valence-corrected chi connectivity index (χ3v) is 2.75. The largest absolute Gasteiger partial charge is 0.481 e. The van der Waals surface area contributed by atoms with Gasteiger partial charge in [-0.15, -0.1) is 0 Å². The number of hydrogen-bond acceptors (Lipinski definition) is 2. The number of pyridine rings is 1. The smallest absolute Gasteiger partial charge is 0.311 e. The molecule has 0 spiro atoms. The molecule has 0 aromatic carbocycles. The fourth-order valence-electron chi connectivity index (χ4n) is 1.69. The molecule has 0 bridgehead atoms. The van der Waals surface area contributed by atoms with Crippen molar-refractivity contribution in [3.8, 4) is 0 Å². The highest BCUT2D eigenvalue weighted by atomic mass is 79.9. The maximum absolute atomic E-state index is 10.8. The average Bonchev–Trinajstić information content (AvgIpc) is 2.46. The Kier molecular flexibility index (Phi) is 2.07. The molecule has 0 saturated heterocycles. The van der Waals surface area contributed by atoms with Gasteiger partial charge in [0, 0.05) is 16.4 Å². The minimum atomic E-state index is -0.751. The lowest BCUT2D eigenvalue weighted by Gasteiger charge is -2.04. The molecule has 1 N–H and O–H groups in total. The summed E-state index contributed by atoms with van der Waals surface area (Å²) < 4.78 is 0.847. The van der Waals surface area contributed by atoms with Crippen molar-refractivity contribution in [1.29, 1.82) is 0 Å². The van der Waals surface area contributed by atoms with Crippen LogP contribution in [-0.4, -0.2) is 16.1 Å². The Bertz CT molecular complexity index is 365. The number of halogens is 1. The lowest BCUT2D eigenvalue weighted by atomic mass is 10.0. The van der Waals surface area contributed by atoms with Crippen molar-refractivity contribution >= 4 is 21.9 Å². The Morgan fingerprint density at radius 1 is 1.69 bits per heavy atom. The third-order valence-electron chi connectivity index (χ3n) is 2.31. The van der Waals surface area contributed by atoms with E-state index in [2.05, 4.69) is 20.9 Å². The highest BCUT2D eigenvalue weighted by Gasteiger charge is 2.29. The van der Waals surface area contributed by atoms with E-state index < -0.39 is 5.97 Å². The predicted molar refractivity (Wildman–Crippen MR) is 50.6 cm³/mol. The molecule has 1 aliphatic carbocycles. The van der Waals surface area contributed by atoms with Crippen LogP contribution in [0.1, 0.15) is 23.6 Å². The molecule has 3 nitrogen and oxygen atoms in total. The Labute approximate surface area is 83.9 Å². The van der Waals surface area contributed by atoms with Gasteiger partial charge in [-0.25, -0.2) is 0 Å². The molecule has 2 rings (SSSR count). The fourth-order valence-corrected chi connectivity index (χ4v) is 2.04. The molecule has 0 fully saturated rings. The van der Waals surface area contributed by atoms with Gasteiger partial charge in [0.2, 0.25) is 0 Å². The number of nitrogens with zero attached hydrogens (tertiary/aromatic N) is 1. The van der Waals surface area contributed by atoms with Gasteiger partial charge in [0.25, 0.3) is 0 Å². The third kappa shape index (κ3) is 1.46. The number of carbonyl (C=O) groups is 1. The van der Waals surface area contributed by atoms with Crippen molar-refractivity contribution in [2.45, 2.75) is 18.8 Å². The number of aliphatic carboxylic acids is 1. The van der Waals surface area contributed by atoms with Crippen LogP contribution in [0, 0.1) is 0 Å². The molecule has 1 unspecified atom stereocenters. The first-order valence-electron chi connectivity index (χ1n) is 4.05. The summed E-state index contributed by atoms with van der Waals surface area (Å²) in [5.41, 5.74) is 1.79. The zero-order valence-corrected chi connectivity index (χ0v) is 8.41. The van der Waals surface area contributed by atoms with E-state index in [1.807, 2.05) is 6.07 Å². The molecule has 1 atom stereocenters. The fraction of sp³-hybridized carbons (Fsp3) is 0.333. The van der Waals surface area contributed by atoms with E-state index in [-0.39, 0.29) is 5.92 Å². The highest BCUT2D eigenvalue weighted by molar-refractivity contribution is 9.10. The predicted octanol–water partition coefficient (Wildman–Crippen LogP) is 1.96. The van der Waals surface area contributed by atoms with E-state index in [0.717, 1.165) is 22.2 Å². The summed E-state index contributed by atoms with van der Waals surface area (Å²) in [5.74, 6) is -1.11. The molecule has 0 radical (unpaired) electrons. The van der Waals surface area contributed by atoms with Gasteiger partial charge < -0.3 is 5.11 Å². The van der Waals surface area contributed by atoms with Gasteiger partial charge in [-0.05, 0) is 40.4 Å². The Morgan fingerprint density at radius 3 is 3.15 bits per heavy atom. The van der Waals surface area contributed by atoms with E-state index in [4.69, 9.17) is 5.11 Å². The molecular formula is C9H8BrNO2. The maximum atomic E-state index is 10.8. The molecule has 1 aliphatic rings. The second-order valence-corrected chi connectivity index (χ2v) is 4.03. The number of rotatable bonds is 1. The SMILES string of the molecule is O=C(O)C1CCc2ncc(Br)cc21. The first-order valence-corrected chi connectivity index (χ1v) is 4.85. The van der Waals surface area contributed by atoms with Crippen LogP contribution in [0.4, 0.5) is 0 Å². The standard InChI is InChI=1S/C9H8BrNO2/c10-5-3-7-6(9(12)13)1-2-8(7)11-4-5/h3-4,6H,1-2H2,(H,12,13). The zero-order valence-electron chi connectivity index (χ0n) is 6.83. The summed E-state index contributed by atoms with van der Waals surface area (Å²) in [5, 5.41) is 8.91. The molecule has 1 aromatic heterocycles. The first kappa shape index (κ1) is 8.69. The summed E-state index contributed by atoms with van der Waals surface area (Å²) >= 11 is 3.29. The molecule has 1 heterocycles. The number of hydrogen-bond donors (Lipinski definition) is 1. The van der Waals surface area contributed by atoms with Crippen LogP contribution in [0.15, 0.2) is 16.7 Å². The summed E-state index contributed by atoms with van der Waals surface area (Å²) in [6.45, 7) is 0. The number of aromatic nitrogens is 1. The quantitative estimate of drug-likeness (QED) is 0.818. The minimum Gasteiger partial charge on any atom is -0.481 e. The van der Waals surface area contributed by atoms with Crippen molar-refractivity contribution in [1.82, 2.24) is 4.98 Å².